The van der Waals surface area contributed by atoms with Crippen molar-refractivity contribution in [3.05, 3.63) is 0 Å². The zero-order valence-corrected chi connectivity index (χ0v) is 12.0. The number of ether oxygens (including phenoxy) is 1. The first-order chi connectivity index (χ1) is 8.65. The number of carbonyl (C=O) groups excluding carboxylic acids is 1. The normalized spacial score (nSPS) is 35.5. The molecule has 2 fully saturated rings. The molecule has 0 aromatic rings. The van der Waals surface area contributed by atoms with E-state index in [1.807, 2.05) is 27.7 Å². The van der Waals surface area contributed by atoms with Crippen molar-refractivity contribution in [3.8, 4) is 0 Å². The number of nitrogens with one attached hydrogen (secondary N) is 1. The summed E-state index contributed by atoms with van der Waals surface area (Å²) in [7, 11) is 0. The van der Waals surface area contributed by atoms with Gasteiger partial charge in [-0.05, 0) is 32.1 Å². The number of amides is 1. The first-order valence-electron chi connectivity index (χ1n) is 6.82. The molecule has 19 heavy (non-hydrogen) atoms. The molecule has 1 saturated carbocycles. The number of carbonyl (C=O) groups is 2. The summed E-state index contributed by atoms with van der Waals surface area (Å²) in [6, 6.07) is 0.0853. The lowest BCUT2D eigenvalue weighted by molar-refractivity contribution is -0.140. The summed E-state index contributed by atoms with van der Waals surface area (Å²) in [5.74, 6) is -1.96. The summed E-state index contributed by atoms with van der Waals surface area (Å²) in [5.41, 5.74) is -0.655. The summed E-state index contributed by atoms with van der Waals surface area (Å²) < 4.78 is 5.61. The Morgan fingerprint density at radius 3 is 2.32 bits per heavy atom. The predicted molar refractivity (Wildman–Crippen MR) is 69.6 cm³/mol. The average Bonchev–Trinajstić information content (AvgIpc) is 2.80. The van der Waals surface area contributed by atoms with Gasteiger partial charge >= 0.3 is 5.97 Å². The third kappa shape index (κ3) is 2.76. The minimum Gasteiger partial charge on any atom is -0.481 e. The lowest BCUT2D eigenvalue weighted by Crippen LogP contribution is -2.46. The highest BCUT2D eigenvalue weighted by Gasteiger charge is 2.66. The third-order valence-electron chi connectivity index (χ3n) is 4.42. The number of carboxylic acids is 1. The Morgan fingerprint density at radius 1 is 1.21 bits per heavy atom. The lowest BCUT2D eigenvalue weighted by Gasteiger charge is -2.35. The Morgan fingerprint density at radius 2 is 1.84 bits per heavy atom. The monoisotopic (exact) mass is 269 g/mol. The van der Waals surface area contributed by atoms with Crippen LogP contribution in [0, 0.1) is 17.3 Å². The fourth-order valence-electron chi connectivity index (χ4n) is 3.23. The van der Waals surface area contributed by atoms with Crippen molar-refractivity contribution in [1.82, 2.24) is 5.32 Å². The van der Waals surface area contributed by atoms with Gasteiger partial charge in [0, 0.05) is 12.6 Å². The second-order valence-corrected chi connectivity index (χ2v) is 6.92. The van der Waals surface area contributed by atoms with Gasteiger partial charge in [0.15, 0.2) is 0 Å². The SMILES string of the molecule is CC1(C)CC(NC(=O)C2C(C(=O)O)C2(C)C)CCO1. The Balaban J connectivity index is 1.94. The number of aliphatic carboxylic acids is 1. The molecule has 0 aromatic carbocycles. The molecule has 0 spiro atoms. The molecule has 1 aliphatic heterocycles. The molecule has 1 aliphatic carbocycles. The van der Waals surface area contributed by atoms with E-state index in [0.717, 1.165) is 12.8 Å². The molecule has 1 heterocycles. The van der Waals surface area contributed by atoms with Crippen LogP contribution in [0.25, 0.3) is 0 Å². The van der Waals surface area contributed by atoms with Crippen molar-refractivity contribution in [3.63, 3.8) is 0 Å². The van der Waals surface area contributed by atoms with E-state index in [2.05, 4.69) is 5.32 Å². The van der Waals surface area contributed by atoms with Crippen LogP contribution in [0.15, 0.2) is 0 Å². The molecular formula is C14H23NO4. The number of hydrogen-bond acceptors (Lipinski definition) is 3. The zero-order valence-electron chi connectivity index (χ0n) is 12.0. The number of hydrogen-bond donors (Lipinski definition) is 2. The van der Waals surface area contributed by atoms with Crippen molar-refractivity contribution in [1.29, 1.82) is 0 Å². The van der Waals surface area contributed by atoms with Crippen LogP contribution in [0.2, 0.25) is 0 Å². The number of carboxylic acid groups (broad SMARTS) is 1. The smallest absolute Gasteiger partial charge is 0.307 e. The maximum absolute atomic E-state index is 12.2. The van der Waals surface area contributed by atoms with Gasteiger partial charge in [-0.1, -0.05) is 13.8 Å². The molecule has 0 aromatic heterocycles. The van der Waals surface area contributed by atoms with E-state index in [1.54, 1.807) is 0 Å². The summed E-state index contributed by atoms with van der Waals surface area (Å²) in [5, 5.41) is 12.1. The van der Waals surface area contributed by atoms with Gasteiger partial charge in [-0.2, -0.15) is 0 Å². The van der Waals surface area contributed by atoms with Crippen LogP contribution in [0.5, 0.6) is 0 Å². The van der Waals surface area contributed by atoms with E-state index in [0.29, 0.717) is 6.61 Å². The molecule has 2 aliphatic rings. The molecule has 3 unspecified atom stereocenters. The van der Waals surface area contributed by atoms with E-state index < -0.39 is 23.2 Å². The Kier molecular flexibility index (Phi) is 3.37. The molecule has 1 saturated heterocycles. The highest BCUT2D eigenvalue weighted by molar-refractivity contribution is 5.91. The molecule has 5 nitrogen and oxygen atoms in total. The maximum atomic E-state index is 12.2. The second kappa shape index (κ2) is 4.47. The van der Waals surface area contributed by atoms with Gasteiger partial charge in [0.1, 0.15) is 0 Å². The van der Waals surface area contributed by atoms with Crippen LogP contribution in [-0.2, 0) is 14.3 Å². The molecule has 2 N–H and O–H groups in total. The van der Waals surface area contributed by atoms with Gasteiger partial charge in [0.25, 0.3) is 0 Å². The fourth-order valence-corrected chi connectivity index (χ4v) is 3.23. The number of rotatable bonds is 3. The predicted octanol–water partition coefficient (Wildman–Crippen LogP) is 1.42. The van der Waals surface area contributed by atoms with Crippen LogP contribution < -0.4 is 5.32 Å². The van der Waals surface area contributed by atoms with Gasteiger partial charge < -0.3 is 15.2 Å². The first kappa shape index (κ1) is 14.3. The van der Waals surface area contributed by atoms with E-state index in [1.165, 1.54) is 0 Å². The fraction of sp³-hybridized carbons (Fsp3) is 0.857. The first-order valence-corrected chi connectivity index (χ1v) is 6.82. The maximum Gasteiger partial charge on any atom is 0.307 e. The summed E-state index contributed by atoms with van der Waals surface area (Å²) in [6.07, 6.45) is 1.56. The standard InChI is InChI=1S/C14H23NO4/c1-13(2)7-8(5-6-19-13)15-11(16)9-10(12(17)18)14(9,3)4/h8-10H,5-7H2,1-4H3,(H,15,16)(H,17,18). The van der Waals surface area contributed by atoms with Crippen LogP contribution in [0.1, 0.15) is 40.5 Å². The summed E-state index contributed by atoms with van der Waals surface area (Å²) in [6.45, 7) is 8.32. The van der Waals surface area contributed by atoms with Crippen molar-refractivity contribution in [2.75, 3.05) is 6.61 Å². The van der Waals surface area contributed by atoms with E-state index >= 15 is 0 Å². The van der Waals surface area contributed by atoms with E-state index in [9.17, 15) is 9.59 Å². The summed E-state index contributed by atoms with van der Waals surface area (Å²) in [4.78, 5) is 23.3. The van der Waals surface area contributed by atoms with Gasteiger partial charge in [0.2, 0.25) is 5.91 Å². The van der Waals surface area contributed by atoms with Crippen LogP contribution in [0.3, 0.4) is 0 Å². The minimum absolute atomic E-state index is 0.0853. The zero-order chi connectivity index (χ0) is 14.4. The topological polar surface area (TPSA) is 75.6 Å². The quantitative estimate of drug-likeness (QED) is 0.812. The second-order valence-electron chi connectivity index (χ2n) is 6.92. The third-order valence-corrected chi connectivity index (χ3v) is 4.42. The lowest BCUT2D eigenvalue weighted by atomic mass is 9.93. The van der Waals surface area contributed by atoms with Crippen LogP contribution in [0.4, 0.5) is 0 Å². The molecule has 1 amide bonds. The Bertz CT molecular complexity index is 402. The van der Waals surface area contributed by atoms with Gasteiger partial charge in [-0.3, -0.25) is 9.59 Å². The molecule has 2 rings (SSSR count). The van der Waals surface area contributed by atoms with Crippen molar-refractivity contribution in [2.45, 2.75) is 52.2 Å². The largest absolute Gasteiger partial charge is 0.481 e. The van der Waals surface area contributed by atoms with Gasteiger partial charge in [0.05, 0.1) is 17.4 Å². The van der Waals surface area contributed by atoms with Crippen molar-refractivity contribution in [2.24, 2.45) is 17.3 Å². The minimum atomic E-state index is -0.877. The molecule has 5 heteroatoms. The van der Waals surface area contributed by atoms with Crippen LogP contribution in [-0.4, -0.2) is 35.2 Å². The molecule has 3 atom stereocenters. The van der Waals surface area contributed by atoms with Gasteiger partial charge in [-0.15, -0.1) is 0 Å². The van der Waals surface area contributed by atoms with E-state index in [4.69, 9.17) is 9.84 Å². The van der Waals surface area contributed by atoms with Crippen molar-refractivity contribution >= 4 is 11.9 Å². The molecule has 0 radical (unpaired) electrons. The van der Waals surface area contributed by atoms with Crippen LogP contribution >= 0.6 is 0 Å². The highest BCUT2D eigenvalue weighted by Crippen LogP contribution is 2.58. The van der Waals surface area contributed by atoms with E-state index in [-0.39, 0.29) is 17.6 Å². The average molecular weight is 269 g/mol. The molecular weight excluding hydrogens is 246 g/mol. The van der Waals surface area contributed by atoms with Gasteiger partial charge in [-0.25, -0.2) is 0 Å². The Labute approximate surface area is 113 Å². The Hall–Kier alpha value is -1.10. The summed E-state index contributed by atoms with van der Waals surface area (Å²) >= 11 is 0. The van der Waals surface area contributed by atoms with Crippen molar-refractivity contribution < 1.29 is 19.4 Å². The molecule has 0 bridgehead atoms. The highest BCUT2D eigenvalue weighted by atomic mass is 16.5. The molecule has 108 valence electrons.